The lowest BCUT2D eigenvalue weighted by Gasteiger charge is -2.34. The van der Waals surface area contributed by atoms with E-state index in [1.807, 2.05) is 0 Å². The van der Waals surface area contributed by atoms with Crippen LogP contribution in [0.2, 0.25) is 0 Å². The van der Waals surface area contributed by atoms with Crippen LogP contribution in [-0.4, -0.2) is 42.7 Å². The highest BCUT2D eigenvalue weighted by Crippen LogP contribution is 2.45. The molecule has 0 amide bonds. The van der Waals surface area contributed by atoms with Crippen molar-refractivity contribution < 1.29 is 44.9 Å². The maximum atomic E-state index is 12.6. The summed E-state index contributed by atoms with van der Waals surface area (Å²) >= 11 is 0. The number of hydrogen-bond acceptors (Lipinski definition) is 9. The van der Waals surface area contributed by atoms with Crippen LogP contribution in [0.15, 0.2) is 48.5 Å². The molecular formula is C22H18O9. The number of carbonyl (C=O) groups excluding carboxylic acids is 1. The second kappa shape index (κ2) is 7.52. The van der Waals surface area contributed by atoms with Gasteiger partial charge in [0.2, 0.25) is 0 Å². The molecule has 0 saturated heterocycles. The van der Waals surface area contributed by atoms with Crippen molar-refractivity contribution in [3.8, 4) is 40.2 Å². The van der Waals surface area contributed by atoms with Crippen LogP contribution < -0.4 is 4.74 Å². The molecule has 6 N–H and O–H groups in total. The van der Waals surface area contributed by atoms with Gasteiger partial charge in [0.15, 0.2) is 23.4 Å². The van der Waals surface area contributed by atoms with E-state index in [-0.39, 0.29) is 40.5 Å². The summed E-state index contributed by atoms with van der Waals surface area (Å²) in [6.07, 6.45) is -2.06. The molecule has 0 aliphatic carbocycles. The fourth-order valence-corrected chi connectivity index (χ4v) is 3.43. The summed E-state index contributed by atoms with van der Waals surface area (Å²) < 4.78 is 11.4. The number of esters is 1. The first-order valence-electron chi connectivity index (χ1n) is 9.19. The third-order valence-corrected chi connectivity index (χ3v) is 4.95. The molecule has 1 unspecified atom stereocenters. The minimum Gasteiger partial charge on any atom is -0.508 e. The Morgan fingerprint density at radius 2 is 1.48 bits per heavy atom. The number of phenols is 6. The van der Waals surface area contributed by atoms with Crippen LogP contribution >= 0.6 is 0 Å². The zero-order chi connectivity index (χ0) is 22.3. The van der Waals surface area contributed by atoms with E-state index in [4.69, 9.17) is 9.47 Å². The summed E-state index contributed by atoms with van der Waals surface area (Å²) in [6, 6.07) is 10.1. The molecule has 0 aromatic heterocycles. The molecule has 3 aromatic rings. The van der Waals surface area contributed by atoms with Crippen molar-refractivity contribution in [1.82, 2.24) is 0 Å². The Morgan fingerprint density at radius 1 is 0.839 bits per heavy atom. The number of carbonyl (C=O) groups is 1. The molecule has 0 saturated carbocycles. The number of phenolic OH excluding ortho intramolecular Hbond substituents is 6. The molecule has 0 radical (unpaired) electrons. The molecule has 9 heteroatoms. The van der Waals surface area contributed by atoms with Crippen molar-refractivity contribution in [2.75, 3.05) is 0 Å². The summed E-state index contributed by atoms with van der Waals surface area (Å²) in [5.74, 6) is -3.05. The van der Waals surface area contributed by atoms with Gasteiger partial charge in [-0.25, -0.2) is 4.79 Å². The Labute approximate surface area is 175 Å². The highest BCUT2D eigenvalue weighted by atomic mass is 16.6. The van der Waals surface area contributed by atoms with Crippen molar-refractivity contribution in [1.29, 1.82) is 0 Å². The molecule has 2 atom stereocenters. The fourth-order valence-electron chi connectivity index (χ4n) is 3.43. The number of rotatable bonds is 3. The lowest BCUT2D eigenvalue weighted by atomic mass is 9.93. The lowest BCUT2D eigenvalue weighted by Crippen LogP contribution is -2.34. The smallest absolute Gasteiger partial charge is 0.338 e. The summed E-state index contributed by atoms with van der Waals surface area (Å²) in [5, 5.41) is 58.8. The predicted molar refractivity (Wildman–Crippen MR) is 106 cm³/mol. The molecule has 0 spiro atoms. The minimum atomic E-state index is -1.05. The van der Waals surface area contributed by atoms with Gasteiger partial charge in [-0.05, 0) is 36.4 Å². The normalized spacial score (nSPS) is 17.4. The number of fused-ring (bicyclic) bond motifs is 1. The summed E-state index contributed by atoms with van der Waals surface area (Å²) in [7, 11) is 0. The van der Waals surface area contributed by atoms with Crippen LogP contribution in [0.25, 0.3) is 0 Å². The molecule has 160 valence electrons. The first kappa shape index (κ1) is 20.0. The molecule has 0 fully saturated rings. The van der Waals surface area contributed by atoms with E-state index in [0.29, 0.717) is 5.56 Å². The van der Waals surface area contributed by atoms with Gasteiger partial charge in [-0.2, -0.15) is 0 Å². The molecule has 9 nitrogen and oxygen atoms in total. The Balaban J connectivity index is 1.73. The van der Waals surface area contributed by atoms with Crippen LogP contribution in [0.5, 0.6) is 40.2 Å². The van der Waals surface area contributed by atoms with Crippen molar-refractivity contribution in [2.24, 2.45) is 0 Å². The highest BCUT2D eigenvalue weighted by Gasteiger charge is 2.37. The monoisotopic (exact) mass is 426 g/mol. The van der Waals surface area contributed by atoms with E-state index in [2.05, 4.69) is 0 Å². The topological polar surface area (TPSA) is 157 Å². The number of aromatic hydroxyl groups is 6. The highest BCUT2D eigenvalue weighted by molar-refractivity contribution is 5.89. The van der Waals surface area contributed by atoms with Crippen LogP contribution in [0, 0.1) is 0 Å². The summed E-state index contributed by atoms with van der Waals surface area (Å²) in [5.41, 5.74) is 0.642. The summed E-state index contributed by atoms with van der Waals surface area (Å²) in [4.78, 5) is 12.6. The molecule has 1 aliphatic rings. The molecular weight excluding hydrogens is 408 g/mol. The van der Waals surface area contributed by atoms with E-state index < -0.39 is 35.4 Å². The van der Waals surface area contributed by atoms with Crippen LogP contribution in [0.4, 0.5) is 0 Å². The van der Waals surface area contributed by atoms with Crippen molar-refractivity contribution in [3.63, 3.8) is 0 Å². The minimum absolute atomic E-state index is 0.00165. The average molecular weight is 426 g/mol. The maximum Gasteiger partial charge on any atom is 0.338 e. The average Bonchev–Trinajstić information content (AvgIpc) is 2.72. The number of benzene rings is 3. The zero-order valence-corrected chi connectivity index (χ0v) is 15.9. The quantitative estimate of drug-likeness (QED) is 0.274. The molecule has 3 aromatic carbocycles. The van der Waals surface area contributed by atoms with Gasteiger partial charge >= 0.3 is 5.97 Å². The molecule has 1 heterocycles. The van der Waals surface area contributed by atoms with E-state index in [1.54, 1.807) is 0 Å². The van der Waals surface area contributed by atoms with E-state index in [1.165, 1.54) is 30.3 Å². The Bertz CT molecular complexity index is 1130. The first-order chi connectivity index (χ1) is 14.7. The number of ether oxygens (including phenoxy) is 2. The number of hydrogen-bond donors (Lipinski definition) is 6. The van der Waals surface area contributed by atoms with Crippen LogP contribution in [0.1, 0.15) is 27.6 Å². The van der Waals surface area contributed by atoms with Gasteiger partial charge in [-0.15, -0.1) is 0 Å². The second-order valence-corrected chi connectivity index (χ2v) is 7.08. The van der Waals surface area contributed by atoms with Gasteiger partial charge in [0.1, 0.15) is 29.1 Å². The molecule has 31 heavy (non-hydrogen) atoms. The fraction of sp³-hybridized carbons (Fsp3) is 0.136. The molecule has 0 bridgehead atoms. The Hall–Kier alpha value is -4.27. The van der Waals surface area contributed by atoms with Crippen molar-refractivity contribution in [3.05, 3.63) is 65.2 Å². The van der Waals surface area contributed by atoms with Gasteiger partial charge in [0.25, 0.3) is 0 Å². The van der Waals surface area contributed by atoms with E-state index in [0.717, 1.165) is 18.2 Å². The standard InChI is InChI=1S/C22H18O9/c23-12-3-1-10(2-4-12)22(29)31-19-9-14-15(25)7-13(24)8-18(14)30-21(19)11-5-16(26)20(28)17(27)6-11/h1-8,19,21,23-28H,9H2/t19?,21-/m0/s1. The van der Waals surface area contributed by atoms with Crippen molar-refractivity contribution >= 4 is 5.97 Å². The van der Waals surface area contributed by atoms with Gasteiger partial charge in [-0.1, -0.05) is 0 Å². The van der Waals surface area contributed by atoms with Crippen LogP contribution in [-0.2, 0) is 11.2 Å². The molecule has 1 aliphatic heterocycles. The maximum absolute atomic E-state index is 12.6. The third kappa shape index (κ3) is 3.80. The molecule has 4 rings (SSSR count). The summed E-state index contributed by atoms with van der Waals surface area (Å²) in [6.45, 7) is 0. The van der Waals surface area contributed by atoms with Crippen molar-refractivity contribution in [2.45, 2.75) is 18.6 Å². The lowest BCUT2D eigenvalue weighted by molar-refractivity contribution is -0.0188. The second-order valence-electron chi connectivity index (χ2n) is 7.08. The van der Waals surface area contributed by atoms with E-state index in [9.17, 15) is 35.4 Å². The zero-order valence-electron chi connectivity index (χ0n) is 15.9. The Morgan fingerprint density at radius 3 is 2.13 bits per heavy atom. The largest absolute Gasteiger partial charge is 0.508 e. The van der Waals surface area contributed by atoms with Gasteiger partial charge in [0, 0.05) is 29.7 Å². The van der Waals surface area contributed by atoms with Gasteiger partial charge in [-0.3, -0.25) is 0 Å². The van der Waals surface area contributed by atoms with Gasteiger partial charge in [0.05, 0.1) is 5.56 Å². The Kier molecular flexibility index (Phi) is 4.86. The predicted octanol–water partition coefficient (Wildman–Crippen LogP) is 2.82. The first-order valence-corrected chi connectivity index (χ1v) is 9.19. The van der Waals surface area contributed by atoms with E-state index >= 15 is 0 Å². The third-order valence-electron chi connectivity index (χ3n) is 4.95. The SMILES string of the molecule is O=C(OC1Cc2c(O)cc(O)cc2O[C@H]1c1cc(O)c(O)c(O)c1)c1ccc(O)cc1. The van der Waals surface area contributed by atoms with Crippen LogP contribution in [0.3, 0.4) is 0 Å². The van der Waals surface area contributed by atoms with Gasteiger partial charge < -0.3 is 40.1 Å².